The first kappa shape index (κ1) is 11.6. The largest absolute Gasteiger partial charge is 0.350 e. The van der Waals surface area contributed by atoms with Crippen LogP contribution in [0.2, 0.25) is 0 Å². The Bertz CT molecular complexity index is 368. The summed E-state index contributed by atoms with van der Waals surface area (Å²) < 4.78 is 3.76. The second-order valence-electron chi connectivity index (χ2n) is 2.96. The third kappa shape index (κ3) is 3.29. The van der Waals surface area contributed by atoms with Crippen molar-refractivity contribution in [2.45, 2.75) is 26.2 Å². The Hall–Kier alpha value is -1.48. The van der Waals surface area contributed by atoms with Gasteiger partial charge in [0, 0.05) is 6.54 Å². The molecule has 0 saturated carbocycles. The van der Waals surface area contributed by atoms with E-state index in [1.54, 1.807) is 0 Å². The van der Waals surface area contributed by atoms with E-state index in [1.165, 1.54) is 0 Å². The van der Waals surface area contributed by atoms with Gasteiger partial charge in [0.15, 0.2) is 0 Å². The number of carbonyl (C=O) groups is 1. The summed E-state index contributed by atoms with van der Waals surface area (Å²) in [6.45, 7) is 2.40. The molecule has 0 bridgehead atoms. The molecule has 1 N–H and O–H groups in total. The highest BCUT2D eigenvalue weighted by molar-refractivity contribution is 7.08. The lowest BCUT2D eigenvalue weighted by molar-refractivity contribution is 0.0957. The van der Waals surface area contributed by atoms with Crippen LogP contribution in [0.25, 0.3) is 0 Å². The first-order valence-electron chi connectivity index (χ1n) is 4.76. The molecule has 1 rings (SSSR count). The summed E-state index contributed by atoms with van der Waals surface area (Å²) in [4.78, 5) is 12.2. The highest BCUT2D eigenvalue weighted by atomic mass is 32.1. The van der Waals surface area contributed by atoms with Crippen molar-refractivity contribution in [3.8, 4) is 6.07 Å². The minimum absolute atomic E-state index is 0.177. The van der Waals surface area contributed by atoms with Crippen molar-refractivity contribution in [2.24, 2.45) is 0 Å². The van der Waals surface area contributed by atoms with Crippen molar-refractivity contribution in [1.29, 1.82) is 5.26 Å². The van der Waals surface area contributed by atoms with E-state index in [1.807, 2.05) is 13.0 Å². The second kappa shape index (κ2) is 6.09. The summed E-state index contributed by atoms with van der Waals surface area (Å²) in [6, 6.07) is 1.97. The Balaban J connectivity index is 2.57. The van der Waals surface area contributed by atoms with Crippen molar-refractivity contribution in [2.75, 3.05) is 6.54 Å². The summed E-state index contributed by atoms with van der Waals surface area (Å²) in [6.07, 6.45) is 2.02. The highest BCUT2D eigenvalue weighted by Crippen LogP contribution is 2.11. The maximum Gasteiger partial charge on any atom is 0.264 e. The average Bonchev–Trinajstić information content (AvgIpc) is 2.67. The van der Waals surface area contributed by atoms with Gasteiger partial charge >= 0.3 is 0 Å². The number of nitrogens with zero attached hydrogens (tertiary/aromatic N) is 3. The Kier molecular flexibility index (Phi) is 4.71. The molecule has 0 fully saturated rings. The first-order chi connectivity index (χ1) is 7.29. The molecule has 0 aliphatic carbocycles. The molecule has 1 amide bonds. The van der Waals surface area contributed by atoms with Crippen LogP contribution >= 0.6 is 11.5 Å². The lowest BCUT2D eigenvalue weighted by Crippen LogP contribution is -2.24. The van der Waals surface area contributed by atoms with Gasteiger partial charge in [0.25, 0.3) is 5.91 Å². The SMILES string of the molecule is CCCc1nnsc1C(=O)NCCC#N. The van der Waals surface area contributed by atoms with Gasteiger partial charge in [0.05, 0.1) is 18.2 Å². The molecule has 0 aliphatic heterocycles. The molecule has 1 heterocycles. The monoisotopic (exact) mass is 224 g/mol. The number of aromatic nitrogens is 2. The van der Waals surface area contributed by atoms with Crippen LogP contribution in [0.1, 0.15) is 35.1 Å². The summed E-state index contributed by atoms with van der Waals surface area (Å²) in [5.41, 5.74) is 0.747. The molecule has 80 valence electrons. The number of amides is 1. The van der Waals surface area contributed by atoms with Crippen molar-refractivity contribution in [3.05, 3.63) is 10.6 Å². The lowest BCUT2D eigenvalue weighted by atomic mass is 10.2. The van der Waals surface area contributed by atoms with Gasteiger partial charge in [-0.2, -0.15) is 5.26 Å². The number of carbonyl (C=O) groups excluding carboxylic acids is 1. The molecule has 6 heteroatoms. The number of hydrogen-bond donors (Lipinski definition) is 1. The van der Waals surface area contributed by atoms with Gasteiger partial charge in [-0.05, 0) is 18.0 Å². The van der Waals surface area contributed by atoms with Crippen molar-refractivity contribution >= 4 is 17.4 Å². The average molecular weight is 224 g/mol. The Morgan fingerprint density at radius 2 is 2.47 bits per heavy atom. The zero-order chi connectivity index (χ0) is 11.1. The van der Waals surface area contributed by atoms with Crippen molar-refractivity contribution in [3.63, 3.8) is 0 Å². The van der Waals surface area contributed by atoms with Crippen LogP contribution in [0.4, 0.5) is 0 Å². The van der Waals surface area contributed by atoms with Gasteiger partial charge in [0.1, 0.15) is 4.88 Å². The number of aryl methyl sites for hydroxylation is 1. The Labute approximate surface area is 92.3 Å². The number of nitrogens with one attached hydrogen (secondary N) is 1. The third-order valence-corrected chi connectivity index (χ3v) is 2.54. The molecule has 1 aromatic heterocycles. The fourth-order valence-corrected chi connectivity index (χ4v) is 1.72. The molecule has 0 saturated heterocycles. The van der Waals surface area contributed by atoms with Crippen LogP contribution in [0.5, 0.6) is 0 Å². The van der Waals surface area contributed by atoms with Gasteiger partial charge < -0.3 is 5.32 Å². The molecule has 5 nitrogen and oxygen atoms in total. The van der Waals surface area contributed by atoms with Crippen LogP contribution in [-0.2, 0) is 6.42 Å². The van der Waals surface area contributed by atoms with Crippen LogP contribution in [0, 0.1) is 11.3 Å². The smallest absolute Gasteiger partial charge is 0.264 e. The Morgan fingerprint density at radius 3 is 3.13 bits per heavy atom. The summed E-state index contributed by atoms with van der Waals surface area (Å²) >= 11 is 1.10. The van der Waals surface area contributed by atoms with Gasteiger partial charge in [-0.1, -0.05) is 17.8 Å². The van der Waals surface area contributed by atoms with Crippen molar-refractivity contribution < 1.29 is 4.79 Å². The lowest BCUT2D eigenvalue weighted by Gasteiger charge is -2.00. The molecule has 0 aromatic carbocycles. The van der Waals surface area contributed by atoms with E-state index in [0.717, 1.165) is 30.1 Å². The fourth-order valence-electron chi connectivity index (χ4n) is 1.09. The first-order valence-corrected chi connectivity index (χ1v) is 5.53. The zero-order valence-electron chi connectivity index (χ0n) is 8.49. The van der Waals surface area contributed by atoms with Crippen LogP contribution < -0.4 is 5.32 Å². The normalized spacial score (nSPS) is 9.60. The predicted octanol–water partition coefficient (Wildman–Crippen LogP) is 1.13. The zero-order valence-corrected chi connectivity index (χ0v) is 9.30. The van der Waals surface area contributed by atoms with Gasteiger partial charge in [0.2, 0.25) is 0 Å². The minimum atomic E-state index is -0.177. The molecule has 1 aromatic rings. The molecule has 0 atom stereocenters. The van der Waals surface area contributed by atoms with Crippen LogP contribution in [0.15, 0.2) is 0 Å². The predicted molar refractivity (Wildman–Crippen MR) is 56.5 cm³/mol. The standard InChI is InChI=1S/C9H12N4OS/c1-2-4-7-8(15-13-12-7)9(14)11-6-3-5-10/h2-4,6H2,1H3,(H,11,14). The van der Waals surface area contributed by atoms with E-state index < -0.39 is 0 Å². The van der Waals surface area contributed by atoms with Gasteiger partial charge in [-0.25, -0.2) is 0 Å². The van der Waals surface area contributed by atoms with Gasteiger partial charge in [-0.15, -0.1) is 5.10 Å². The summed E-state index contributed by atoms with van der Waals surface area (Å²) in [5, 5.41) is 14.9. The van der Waals surface area contributed by atoms with Crippen molar-refractivity contribution in [1.82, 2.24) is 14.9 Å². The quantitative estimate of drug-likeness (QED) is 0.760. The summed E-state index contributed by atoms with van der Waals surface area (Å²) in [7, 11) is 0. The molecule has 0 unspecified atom stereocenters. The van der Waals surface area contributed by atoms with Crippen LogP contribution in [-0.4, -0.2) is 22.0 Å². The molecular formula is C9H12N4OS. The molecule has 0 spiro atoms. The van der Waals surface area contributed by atoms with E-state index in [2.05, 4.69) is 14.9 Å². The summed E-state index contributed by atoms with van der Waals surface area (Å²) in [5.74, 6) is -0.177. The van der Waals surface area contributed by atoms with E-state index in [-0.39, 0.29) is 5.91 Å². The molecular weight excluding hydrogens is 212 g/mol. The van der Waals surface area contributed by atoms with Crippen LogP contribution in [0.3, 0.4) is 0 Å². The Morgan fingerprint density at radius 1 is 1.67 bits per heavy atom. The van der Waals surface area contributed by atoms with Gasteiger partial charge in [-0.3, -0.25) is 4.79 Å². The third-order valence-electron chi connectivity index (χ3n) is 1.77. The fraction of sp³-hybridized carbons (Fsp3) is 0.556. The van der Waals surface area contributed by atoms with E-state index >= 15 is 0 Å². The molecule has 0 aliphatic rings. The highest BCUT2D eigenvalue weighted by Gasteiger charge is 2.14. The molecule has 15 heavy (non-hydrogen) atoms. The topological polar surface area (TPSA) is 78.7 Å². The minimum Gasteiger partial charge on any atom is -0.350 e. The number of nitriles is 1. The second-order valence-corrected chi connectivity index (χ2v) is 3.72. The molecule has 0 radical (unpaired) electrons. The van der Waals surface area contributed by atoms with E-state index in [9.17, 15) is 4.79 Å². The number of hydrogen-bond acceptors (Lipinski definition) is 5. The maximum atomic E-state index is 11.6. The number of rotatable bonds is 5. The van der Waals surface area contributed by atoms with E-state index in [4.69, 9.17) is 5.26 Å². The van der Waals surface area contributed by atoms with E-state index in [0.29, 0.717) is 17.8 Å². The maximum absolute atomic E-state index is 11.6.